The number of para-hydroxylation sites is 1. The Kier molecular flexibility index (Phi) is 4.04. The Morgan fingerprint density at radius 2 is 1.90 bits per heavy atom. The lowest BCUT2D eigenvalue weighted by atomic mass is 9.77. The van der Waals surface area contributed by atoms with Crippen molar-refractivity contribution in [1.29, 1.82) is 0 Å². The van der Waals surface area contributed by atoms with Gasteiger partial charge in [0.05, 0.1) is 24.8 Å². The van der Waals surface area contributed by atoms with Gasteiger partial charge >= 0.3 is 11.9 Å². The molecule has 148 valence electrons. The normalized spacial score (nSPS) is 27.3. The van der Waals surface area contributed by atoms with Crippen LogP contribution in [-0.2, 0) is 19.1 Å². The van der Waals surface area contributed by atoms with E-state index < -0.39 is 12.0 Å². The number of benzene rings is 2. The van der Waals surface area contributed by atoms with Crippen molar-refractivity contribution >= 4 is 23.5 Å². The van der Waals surface area contributed by atoms with E-state index in [-0.39, 0.29) is 36.5 Å². The summed E-state index contributed by atoms with van der Waals surface area (Å²) in [6, 6.07) is 14.0. The fourth-order valence-electron chi connectivity index (χ4n) is 4.86. The minimum atomic E-state index is -0.615. The van der Waals surface area contributed by atoms with Crippen LogP contribution in [0.15, 0.2) is 48.5 Å². The van der Waals surface area contributed by atoms with Gasteiger partial charge in [-0.05, 0) is 35.7 Å². The van der Waals surface area contributed by atoms with Crippen molar-refractivity contribution in [3.05, 3.63) is 65.2 Å². The maximum absolute atomic E-state index is 12.8. The molecular weight excluding hydrogens is 372 g/mol. The summed E-state index contributed by atoms with van der Waals surface area (Å²) in [5.41, 5.74) is 3.48. The molecule has 2 aromatic carbocycles. The van der Waals surface area contributed by atoms with Gasteiger partial charge in [-0.3, -0.25) is 4.79 Å². The predicted octanol–water partition coefficient (Wildman–Crippen LogP) is 2.25. The molecule has 0 radical (unpaired) electrons. The van der Waals surface area contributed by atoms with E-state index in [1.165, 1.54) is 7.11 Å². The zero-order valence-electron chi connectivity index (χ0n) is 15.8. The highest BCUT2D eigenvalue weighted by atomic mass is 16.5. The molecule has 0 aliphatic carbocycles. The number of amides is 1. The number of anilines is 1. The summed E-state index contributed by atoms with van der Waals surface area (Å²) < 4.78 is 9.91. The summed E-state index contributed by atoms with van der Waals surface area (Å²) in [7, 11) is 1.34. The smallest absolute Gasteiger partial charge is 0.337 e. The van der Waals surface area contributed by atoms with E-state index in [1.54, 1.807) is 17.0 Å². The molecule has 3 aliphatic heterocycles. The standard InChI is InChI=1S/C22H20N2O5/c1-28-21(26)13-8-6-12(7-9-13)20-19-15(14-4-2-3-5-16(14)23-19)10-17-22(27)29-11-18(25)24(17)20/h2-9,15,17,19-20,23H,10-11H2,1H3/t15?,17-,19?,20+/m1/s1. The third-order valence-electron chi connectivity index (χ3n) is 6.14. The first-order chi connectivity index (χ1) is 14.1. The van der Waals surface area contributed by atoms with Crippen molar-refractivity contribution in [2.24, 2.45) is 0 Å². The van der Waals surface area contributed by atoms with E-state index in [0.717, 1.165) is 16.8 Å². The molecule has 1 amide bonds. The first-order valence-corrected chi connectivity index (χ1v) is 9.60. The number of carbonyl (C=O) groups is 3. The number of piperidine rings is 1. The number of hydrogen-bond acceptors (Lipinski definition) is 6. The highest BCUT2D eigenvalue weighted by Gasteiger charge is 2.53. The molecule has 0 bridgehead atoms. The second-order valence-corrected chi connectivity index (χ2v) is 7.58. The molecule has 2 unspecified atom stereocenters. The predicted molar refractivity (Wildman–Crippen MR) is 103 cm³/mol. The third-order valence-corrected chi connectivity index (χ3v) is 6.14. The summed E-state index contributed by atoms with van der Waals surface area (Å²) in [5, 5.41) is 3.56. The lowest BCUT2D eigenvalue weighted by Gasteiger charge is -2.48. The molecule has 7 nitrogen and oxygen atoms in total. The molecule has 0 spiro atoms. The largest absolute Gasteiger partial charge is 0.465 e. The maximum Gasteiger partial charge on any atom is 0.337 e. The number of fused-ring (bicyclic) bond motifs is 4. The molecule has 2 fully saturated rings. The van der Waals surface area contributed by atoms with Crippen LogP contribution < -0.4 is 5.32 Å². The molecule has 0 aromatic heterocycles. The summed E-state index contributed by atoms with van der Waals surface area (Å²) in [6.07, 6.45) is 0.524. The van der Waals surface area contributed by atoms with Crippen molar-refractivity contribution < 1.29 is 23.9 Å². The second-order valence-electron chi connectivity index (χ2n) is 7.58. The number of nitrogens with zero attached hydrogens (tertiary/aromatic N) is 1. The lowest BCUT2D eigenvalue weighted by Crippen LogP contribution is -2.61. The highest BCUT2D eigenvalue weighted by Crippen LogP contribution is 2.50. The molecule has 3 heterocycles. The molecule has 5 rings (SSSR count). The van der Waals surface area contributed by atoms with Crippen LogP contribution in [0.2, 0.25) is 0 Å². The first-order valence-electron chi connectivity index (χ1n) is 9.60. The van der Waals surface area contributed by atoms with Crippen molar-refractivity contribution in [2.45, 2.75) is 30.5 Å². The Balaban J connectivity index is 1.59. The van der Waals surface area contributed by atoms with Gasteiger partial charge in [0.25, 0.3) is 5.91 Å². The Labute approximate surface area is 167 Å². The number of rotatable bonds is 2. The van der Waals surface area contributed by atoms with Gasteiger partial charge in [0, 0.05) is 11.6 Å². The van der Waals surface area contributed by atoms with E-state index in [2.05, 4.69) is 11.4 Å². The number of ether oxygens (including phenoxy) is 2. The van der Waals surface area contributed by atoms with Crippen molar-refractivity contribution in [3.8, 4) is 0 Å². The summed E-state index contributed by atoms with van der Waals surface area (Å²) in [4.78, 5) is 38.8. The van der Waals surface area contributed by atoms with E-state index in [4.69, 9.17) is 9.47 Å². The minimum Gasteiger partial charge on any atom is -0.465 e. The Morgan fingerprint density at radius 3 is 2.66 bits per heavy atom. The van der Waals surface area contributed by atoms with E-state index in [1.807, 2.05) is 30.3 Å². The van der Waals surface area contributed by atoms with Crippen LogP contribution >= 0.6 is 0 Å². The number of carbonyl (C=O) groups excluding carboxylic acids is 3. The van der Waals surface area contributed by atoms with E-state index in [0.29, 0.717) is 12.0 Å². The van der Waals surface area contributed by atoms with E-state index in [9.17, 15) is 14.4 Å². The molecule has 29 heavy (non-hydrogen) atoms. The average Bonchev–Trinajstić information content (AvgIpc) is 3.13. The van der Waals surface area contributed by atoms with Crippen LogP contribution in [-0.4, -0.2) is 48.5 Å². The van der Waals surface area contributed by atoms with Crippen LogP contribution in [0, 0.1) is 0 Å². The van der Waals surface area contributed by atoms with Gasteiger partial charge in [-0.15, -0.1) is 0 Å². The van der Waals surface area contributed by atoms with Gasteiger partial charge in [-0.1, -0.05) is 30.3 Å². The van der Waals surface area contributed by atoms with E-state index >= 15 is 0 Å². The first kappa shape index (κ1) is 17.7. The summed E-state index contributed by atoms with van der Waals surface area (Å²) in [5.74, 6) is -0.896. The molecule has 2 aromatic rings. The molecule has 2 saturated heterocycles. The molecule has 7 heteroatoms. The Bertz CT molecular complexity index is 1000. The summed E-state index contributed by atoms with van der Waals surface area (Å²) in [6.45, 7) is -0.240. The van der Waals surface area contributed by atoms with Crippen LogP contribution in [0.25, 0.3) is 0 Å². The minimum absolute atomic E-state index is 0.0672. The van der Waals surface area contributed by atoms with Crippen molar-refractivity contribution in [2.75, 3.05) is 19.0 Å². The number of esters is 2. The Hall–Kier alpha value is -3.35. The number of nitrogens with one attached hydrogen (secondary N) is 1. The quantitative estimate of drug-likeness (QED) is 0.789. The fourth-order valence-corrected chi connectivity index (χ4v) is 4.86. The summed E-state index contributed by atoms with van der Waals surface area (Å²) >= 11 is 0. The monoisotopic (exact) mass is 392 g/mol. The van der Waals surface area contributed by atoms with Gasteiger partial charge in [-0.2, -0.15) is 0 Å². The van der Waals surface area contributed by atoms with Gasteiger partial charge < -0.3 is 19.7 Å². The lowest BCUT2D eigenvalue weighted by molar-refractivity contribution is -0.175. The zero-order chi connectivity index (χ0) is 20.1. The molecule has 3 aliphatic rings. The van der Waals surface area contributed by atoms with Gasteiger partial charge in [0.15, 0.2) is 6.61 Å². The Morgan fingerprint density at radius 1 is 1.14 bits per heavy atom. The van der Waals surface area contributed by atoms with Gasteiger partial charge in [0.2, 0.25) is 0 Å². The number of methoxy groups -OCH3 is 1. The van der Waals surface area contributed by atoms with Crippen LogP contribution in [0.4, 0.5) is 5.69 Å². The SMILES string of the molecule is COC(=O)c1ccc([C@H]2C3Nc4ccccc4C3C[C@@H]3C(=O)OCC(=O)N32)cc1. The van der Waals surface area contributed by atoms with Gasteiger partial charge in [0.1, 0.15) is 6.04 Å². The van der Waals surface area contributed by atoms with Crippen LogP contribution in [0.5, 0.6) is 0 Å². The van der Waals surface area contributed by atoms with Crippen molar-refractivity contribution in [3.63, 3.8) is 0 Å². The molecule has 1 N–H and O–H groups in total. The molecular formula is C22H20N2O5. The number of cyclic esters (lactones) is 1. The number of hydrogen-bond donors (Lipinski definition) is 1. The topological polar surface area (TPSA) is 84.9 Å². The van der Waals surface area contributed by atoms with Crippen molar-refractivity contribution in [1.82, 2.24) is 4.90 Å². The highest BCUT2D eigenvalue weighted by molar-refractivity contribution is 5.92. The zero-order valence-corrected chi connectivity index (χ0v) is 15.8. The molecule has 4 atom stereocenters. The van der Waals surface area contributed by atoms with Gasteiger partial charge in [-0.25, -0.2) is 9.59 Å². The number of morpholine rings is 1. The maximum atomic E-state index is 12.8. The van der Waals surface area contributed by atoms with Crippen LogP contribution in [0.3, 0.4) is 0 Å². The third kappa shape index (κ3) is 2.68. The van der Waals surface area contributed by atoms with Crippen LogP contribution in [0.1, 0.15) is 39.9 Å². The molecule has 0 saturated carbocycles. The average molecular weight is 392 g/mol. The second kappa shape index (κ2) is 6.62. The fraction of sp³-hybridized carbons (Fsp3) is 0.318.